The summed E-state index contributed by atoms with van der Waals surface area (Å²) in [5.41, 5.74) is 0. The summed E-state index contributed by atoms with van der Waals surface area (Å²) in [4.78, 5) is 0. The van der Waals surface area contributed by atoms with Crippen molar-refractivity contribution in [2.24, 2.45) is 0 Å². The molecule has 3 nitrogen and oxygen atoms in total. The number of nitrogens with one attached hydrogen (secondary N) is 1. The Kier molecular flexibility index (Phi) is 6.51. The molecule has 0 aliphatic heterocycles. The van der Waals surface area contributed by atoms with Gasteiger partial charge in [-0.3, -0.25) is 0 Å². The van der Waals surface area contributed by atoms with Crippen molar-refractivity contribution in [1.82, 2.24) is 5.32 Å². The van der Waals surface area contributed by atoms with Crippen molar-refractivity contribution in [2.75, 3.05) is 27.4 Å². The van der Waals surface area contributed by atoms with Gasteiger partial charge in [0.25, 0.3) is 0 Å². The van der Waals surface area contributed by atoms with Gasteiger partial charge in [-0.05, 0) is 0 Å². The SMILES string of the molecule is COCC(CNC(C)C)OC. The van der Waals surface area contributed by atoms with E-state index in [0.29, 0.717) is 12.6 Å². The summed E-state index contributed by atoms with van der Waals surface area (Å²) in [6.45, 7) is 5.72. The van der Waals surface area contributed by atoms with Crippen molar-refractivity contribution in [3.63, 3.8) is 0 Å². The van der Waals surface area contributed by atoms with Crippen molar-refractivity contribution in [2.45, 2.75) is 26.0 Å². The second-order valence-electron chi connectivity index (χ2n) is 2.88. The molecule has 0 fully saturated rings. The van der Waals surface area contributed by atoms with Gasteiger partial charge in [0, 0.05) is 26.8 Å². The lowest BCUT2D eigenvalue weighted by Crippen LogP contribution is -2.35. The molecule has 0 aromatic rings. The average Bonchev–Trinajstić information content (AvgIpc) is 1.97. The minimum atomic E-state index is 0.169. The Morgan fingerprint density at radius 2 is 1.91 bits per heavy atom. The van der Waals surface area contributed by atoms with E-state index >= 15 is 0 Å². The lowest BCUT2D eigenvalue weighted by Gasteiger charge is -2.16. The zero-order valence-corrected chi connectivity index (χ0v) is 7.89. The highest BCUT2D eigenvalue weighted by atomic mass is 16.5. The molecule has 0 amide bonds. The van der Waals surface area contributed by atoms with Gasteiger partial charge in [0.15, 0.2) is 0 Å². The molecule has 0 spiro atoms. The molecule has 0 heterocycles. The van der Waals surface area contributed by atoms with Crippen LogP contribution in [0.1, 0.15) is 13.8 Å². The van der Waals surface area contributed by atoms with E-state index in [9.17, 15) is 0 Å². The van der Waals surface area contributed by atoms with Crippen molar-refractivity contribution in [1.29, 1.82) is 0 Å². The Hall–Kier alpha value is -0.120. The molecule has 1 atom stereocenters. The predicted molar refractivity (Wildman–Crippen MR) is 45.8 cm³/mol. The number of hydrogen-bond acceptors (Lipinski definition) is 3. The highest BCUT2D eigenvalue weighted by Gasteiger charge is 2.05. The third-order valence-corrected chi connectivity index (χ3v) is 1.44. The fourth-order valence-corrected chi connectivity index (χ4v) is 0.763. The minimum Gasteiger partial charge on any atom is -0.382 e. The number of ether oxygens (including phenoxy) is 2. The molecule has 0 radical (unpaired) electrons. The molecule has 0 saturated heterocycles. The summed E-state index contributed by atoms with van der Waals surface area (Å²) in [7, 11) is 3.38. The van der Waals surface area contributed by atoms with Gasteiger partial charge in [-0.25, -0.2) is 0 Å². The lowest BCUT2D eigenvalue weighted by molar-refractivity contribution is 0.0279. The van der Waals surface area contributed by atoms with Crippen LogP contribution in [0.15, 0.2) is 0 Å². The van der Waals surface area contributed by atoms with E-state index in [1.807, 2.05) is 0 Å². The lowest BCUT2D eigenvalue weighted by atomic mass is 10.3. The van der Waals surface area contributed by atoms with E-state index in [2.05, 4.69) is 19.2 Å². The summed E-state index contributed by atoms with van der Waals surface area (Å²) in [6, 6.07) is 0.504. The topological polar surface area (TPSA) is 30.5 Å². The normalized spacial score (nSPS) is 13.9. The first-order valence-corrected chi connectivity index (χ1v) is 3.95. The third-order valence-electron chi connectivity index (χ3n) is 1.44. The summed E-state index contributed by atoms with van der Waals surface area (Å²) in [5.74, 6) is 0. The minimum absolute atomic E-state index is 0.169. The van der Waals surface area contributed by atoms with Crippen molar-refractivity contribution in [3.8, 4) is 0 Å². The monoisotopic (exact) mass is 161 g/mol. The smallest absolute Gasteiger partial charge is 0.0928 e. The maximum Gasteiger partial charge on any atom is 0.0928 e. The maximum absolute atomic E-state index is 5.15. The molecule has 0 aromatic carbocycles. The van der Waals surface area contributed by atoms with Crippen LogP contribution < -0.4 is 5.32 Å². The number of hydrogen-bond donors (Lipinski definition) is 1. The van der Waals surface area contributed by atoms with Crippen LogP contribution in [0.5, 0.6) is 0 Å². The fraction of sp³-hybridized carbons (Fsp3) is 1.00. The van der Waals surface area contributed by atoms with Gasteiger partial charge < -0.3 is 14.8 Å². The highest BCUT2D eigenvalue weighted by molar-refractivity contribution is 4.62. The molecule has 0 saturated carbocycles. The van der Waals surface area contributed by atoms with Crippen LogP contribution >= 0.6 is 0 Å². The van der Waals surface area contributed by atoms with Crippen LogP contribution in [-0.2, 0) is 9.47 Å². The van der Waals surface area contributed by atoms with Crippen LogP contribution in [0.2, 0.25) is 0 Å². The van der Waals surface area contributed by atoms with E-state index in [1.54, 1.807) is 14.2 Å². The second-order valence-corrected chi connectivity index (χ2v) is 2.88. The van der Waals surface area contributed by atoms with Crippen LogP contribution in [0.4, 0.5) is 0 Å². The molecule has 3 heteroatoms. The predicted octanol–water partition coefficient (Wildman–Crippen LogP) is 0.646. The Bertz CT molecular complexity index is 86.2. The zero-order valence-electron chi connectivity index (χ0n) is 7.89. The molecule has 0 aliphatic rings. The Balaban J connectivity index is 3.35. The molecule has 0 aliphatic carbocycles. The van der Waals surface area contributed by atoms with Gasteiger partial charge in [0.05, 0.1) is 12.7 Å². The summed E-state index contributed by atoms with van der Waals surface area (Å²) < 4.78 is 10.1. The second kappa shape index (κ2) is 6.58. The molecule has 1 unspecified atom stereocenters. The van der Waals surface area contributed by atoms with Gasteiger partial charge >= 0.3 is 0 Å². The van der Waals surface area contributed by atoms with E-state index in [-0.39, 0.29) is 6.10 Å². The fourth-order valence-electron chi connectivity index (χ4n) is 0.763. The van der Waals surface area contributed by atoms with Crippen LogP contribution in [-0.4, -0.2) is 39.5 Å². The molecular formula is C8H19NO2. The average molecular weight is 161 g/mol. The standard InChI is InChI=1S/C8H19NO2/c1-7(2)9-5-8(11-4)6-10-3/h7-9H,5-6H2,1-4H3. The van der Waals surface area contributed by atoms with Gasteiger partial charge in [0.1, 0.15) is 0 Å². The summed E-state index contributed by atoms with van der Waals surface area (Å²) in [6.07, 6.45) is 0.169. The van der Waals surface area contributed by atoms with E-state index in [4.69, 9.17) is 9.47 Å². The molecule has 0 rings (SSSR count). The largest absolute Gasteiger partial charge is 0.382 e. The quantitative estimate of drug-likeness (QED) is 0.620. The van der Waals surface area contributed by atoms with Gasteiger partial charge in [-0.2, -0.15) is 0 Å². The zero-order chi connectivity index (χ0) is 8.69. The first-order chi connectivity index (χ1) is 5.20. The van der Waals surface area contributed by atoms with Crippen molar-refractivity contribution >= 4 is 0 Å². The number of rotatable bonds is 6. The van der Waals surface area contributed by atoms with Gasteiger partial charge in [-0.1, -0.05) is 13.8 Å². The van der Waals surface area contributed by atoms with Crippen LogP contribution in [0.25, 0.3) is 0 Å². The first kappa shape index (κ1) is 10.9. The van der Waals surface area contributed by atoms with E-state index < -0.39 is 0 Å². The maximum atomic E-state index is 5.15. The van der Waals surface area contributed by atoms with Crippen molar-refractivity contribution in [3.05, 3.63) is 0 Å². The number of methoxy groups -OCH3 is 2. The van der Waals surface area contributed by atoms with E-state index in [1.165, 1.54) is 0 Å². The molecule has 0 aromatic heterocycles. The highest BCUT2D eigenvalue weighted by Crippen LogP contribution is 1.89. The molecule has 0 bridgehead atoms. The summed E-state index contributed by atoms with van der Waals surface area (Å²) >= 11 is 0. The summed E-state index contributed by atoms with van der Waals surface area (Å²) in [5, 5.41) is 3.28. The van der Waals surface area contributed by atoms with E-state index in [0.717, 1.165) is 6.54 Å². The van der Waals surface area contributed by atoms with Crippen molar-refractivity contribution < 1.29 is 9.47 Å². The van der Waals surface area contributed by atoms with Crippen LogP contribution in [0, 0.1) is 0 Å². The molecule has 11 heavy (non-hydrogen) atoms. The molecule has 68 valence electrons. The van der Waals surface area contributed by atoms with Crippen LogP contribution in [0.3, 0.4) is 0 Å². The Morgan fingerprint density at radius 1 is 1.27 bits per heavy atom. The van der Waals surface area contributed by atoms with Gasteiger partial charge in [0.2, 0.25) is 0 Å². The Morgan fingerprint density at radius 3 is 2.27 bits per heavy atom. The van der Waals surface area contributed by atoms with Gasteiger partial charge in [-0.15, -0.1) is 0 Å². The Labute approximate surface area is 69.1 Å². The molecular weight excluding hydrogens is 142 g/mol. The molecule has 1 N–H and O–H groups in total. The third kappa shape index (κ3) is 6.28. The first-order valence-electron chi connectivity index (χ1n) is 3.95.